The number of alkyl halides is 1. The van der Waals surface area contributed by atoms with Gasteiger partial charge in [-0.3, -0.25) is 4.79 Å². The maximum absolute atomic E-state index is 11.3. The van der Waals surface area contributed by atoms with Crippen molar-refractivity contribution in [2.45, 2.75) is 0 Å². The highest BCUT2D eigenvalue weighted by atomic mass is 79.9. The van der Waals surface area contributed by atoms with Gasteiger partial charge in [0.2, 0.25) is 5.91 Å². The molecule has 0 saturated carbocycles. The van der Waals surface area contributed by atoms with Gasteiger partial charge in [0.25, 0.3) is 0 Å². The molecule has 0 radical (unpaired) electrons. The van der Waals surface area contributed by atoms with E-state index in [2.05, 4.69) is 34.4 Å². The van der Waals surface area contributed by atoms with Gasteiger partial charge in [0, 0.05) is 11.3 Å². The molecule has 1 rings (SSSR count). The Balaban J connectivity index is 2.98. The highest BCUT2D eigenvalue weighted by molar-refractivity contribution is 9.09. The molecule has 0 unspecified atom stereocenters. The smallest absolute Gasteiger partial charge is 0.235 e. The number of nitrogens with one attached hydrogen (secondary N) is 1. The van der Waals surface area contributed by atoms with Crippen molar-refractivity contribution in [2.24, 2.45) is 0 Å². The molecule has 0 bridgehead atoms. The normalized spacial score (nSPS) is 10.2. The monoisotopic (exact) mass is 291 g/mol. The van der Waals surface area contributed by atoms with E-state index in [4.69, 9.17) is 0 Å². The molecular weight excluding hydrogens is 278 g/mol. The lowest BCUT2D eigenvalue weighted by Crippen LogP contribution is -2.13. The molecule has 0 aliphatic heterocycles. The van der Waals surface area contributed by atoms with Crippen LogP contribution in [0.3, 0.4) is 0 Å². The van der Waals surface area contributed by atoms with E-state index in [0.29, 0.717) is 0 Å². The zero-order valence-corrected chi connectivity index (χ0v) is 11.0. The van der Waals surface area contributed by atoms with Crippen molar-refractivity contribution in [1.82, 2.24) is 0 Å². The van der Waals surface area contributed by atoms with E-state index in [0.717, 1.165) is 16.8 Å². The first-order valence-electron chi connectivity index (χ1n) is 5.12. The largest absolute Gasteiger partial charge is 0.325 e. The highest BCUT2D eigenvalue weighted by Crippen LogP contribution is 2.23. The van der Waals surface area contributed by atoms with Gasteiger partial charge in [0.15, 0.2) is 0 Å². The summed E-state index contributed by atoms with van der Waals surface area (Å²) in [5.74, 6) is -0.0852. The van der Waals surface area contributed by atoms with Crippen molar-refractivity contribution in [3.8, 4) is 0 Å². The van der Waals surface area contributed by atoms with Gasteiger partial charge in [0.05, 0.1) is 5.33 Å². The Morgan fingerprint density at radius 3 is 2.76 bits per heavy atom. The molecule has 0 aromatic heterocycles. The van der Waals surface area contributed by atoms with Crippen molar-refractivity contribution in [2.75, 3.05) is 10.6 Å². The summed E-state index contributed by atoms with van der Waals surface area (Å²) in [6, 6.07) is 7.55. The van der Waals surface area contributed by atoms with E-state index in [-0.39, 0.29) is 11.2 Å². The van der Waals surface area contributed by atoms with Crippen LogP contribution in [0.5, 0.6) is 0 Å². The van der Waals surface area contributed by atoms with E-state index >= 15 is 0 Å². The van der Waals surface area contributed by atoms with Crippen molar-refractivity contribution in [3.05, 3.63) is 61.2 Å². The van der Waals surface area contributed by atoms with Gasteiger partial charge in [0.1, 0.15) is 0 Å². The minimum absolute atomic E-state index is 0.0852. The Bertz CT molecular complexity index is 463. The average Bonchev–Trinajstić information content (AvgIpc) is 2.36. The summed E-state index contributed by atoms with van der Waals surface area (Å²) in [7, 11) is 0. The summed E-state index contributed by atoms with van der Waals surface area (Å²) < 4.78 is 0. The van der Waals surface area contributed by atoms with Gasteiger partial charge in [-0.15, -0.1) is 0 Å². The number of halogens is 1. The second-order valence-corrected chi connectivity index (χ2v) is 3.91. The molecule has 0 spiro atoms. The summed E-state index contributed by atoms with van der Waals surface area (Å²) in [6.07, 6.45) is 5.35. The molecule has 1 amide bonds. The molecule has 3 heteroatoms. The predicted molar refractivity (Wildman–Crippen MR) is 77.2 cm³/mol. The van der Waals surface area contributed by atoms with E-state index in [1.165, 1.54) is 0 Å². The second-order valence-electron chi connectivity index (χ2n) is 3.35. The standard InChI is InChI=1S/C14H14BrNO/c1-3-4-7-11(2)12-8-5-6-9-13(12)16-14(17)10-15/h3-9H,1-2,10H2,(H,16,17)/b7-4-. The van der Waals surface area contributed by atoms with Crippen LogP contribution in [0.25, 0.3) is 5.57 Å². The number of para-hydroxylation sites is 1. The van der Waals surface area contributed by atoms with Crippen LogP contribution in [0.2, 0.25) is 0 Å². The van der Waals surface area contributed by atoms with E-state index in [1.807, 2.05) is 36.4 Å². The van der Waals surface area contributed by atoms with Gasteiger partial charge >= 0.3 is 0 Å². The lowest BCUT2D eigenvalue weighted by molar-refractivity contribution is -0.113. The number of amides is 1. The zero-order chi connectivity index (χ0) is 12.7. The molecule has 0 aliphatic carbocycles. The van der Waals surface area contributed by atoms with Gasteiger partial charge in [-0.1, -0.05) is 65.5 Å². The number of allylic oxidation sites excluding steroid dienone is 4. The summed E-state index contributed by atoms with van der Waals surface area (Å²) >= 11 is 3.11. The zero-order valence-electron chi connectivity index (χ0n) is 9.45. The number of hydrogen-bond donors (Lipinski definition) is 1. The SMILES string of the molecule is C=C/C=C\C(=C)c1ccccc1NC(=O)CBr. The maximum atomic E-state index is 11.3. The quantitative estimate of drug-likeness (QED) is 0.649. The lowest BCUT2D eigenvalue weighted by Gasteiger charge is -2.10. The number of anilines is 1. The molecule has 88 valence electrons. The molecule has 2 nitrogen and oxygen atoms in total. The third-order valence-electron chi connectivity index (χ3n) is 2.10. The summed E-state index contributed by atoms with van der Waals surface area (Å²) in [6.45, 7) is 7.57. The predicted octanol–water partition coefficient (Wildman–Crippen LogP) is 3.78. The van der Waals surface area contributed by atoms with Crippen LogP contribution < -0.4 is 5.32 Å². The molecule has 0 saturated heterocycles. The topological polar surface area (TPSA) is 29.1 Å². The Labute approximate surface area is 110 Å². The van der Waals surface area contributed by atoms with E-state index in [9.17, 15) is 4.79 Å². The third-order valence-corrected chi connectivity index (χ3v) is 2.61. The molecule has 0 fully saturated rings. The van der Waals surface area contributed by atoms with Gasteiger partial charge in [-0.2, -0.15) is 0 Å². The van der Waals surface area contributed by atoms with Crippen LogP contribution in [0.15, 0.2) is 55.7 Å². The molecule has 0 atom stereocenters. The first-order chi connectivity index (χ1) is 8.19. The number of rotatable bonds is 5. The van der Waals surface area contributed by atoms with Crippen LogP contribution in [-0.2, 0) is 4.79 Å². The van der Waals surface area contributed by atoms with Crippen molar-refractivity contribution in [3.63, 3.8) is 0 Å². The first kappa shape index (κ1) is 13.5. The summed E-state index contributed by atoms with van der Waals surface area (Å²) in [5, 5.41) is 3.09. The number of carbonyl (C=O) groups excluding carboxylic acids is 1. The van der Waals surface area contributed by atoms with E-state index < -0.39 is 0 Å². The summed E-state index contributed by atoms with van der Waals surface area (Å²) in [4.78, 5) is 11.3. The average molecular weight is 292 g/mol. The Morgan fingerprint density at radius 1 is 1.41 bits per heavy atom. The summed E-state index contributed by atoms with van der Waals surface area (Å²) in [5.41, 5.74) is 2.49. The molecular formula is C14H14BrNO. The van der Waals surface area contributed by atoms with Crippen LogP contribution in [0.4, 0.5) is 5.69 Å². The number of hydrogen-bond acceptors (Lipinski definition) is 1. The van der Waals surface area contributed by atoms with Gasteiger partial charge < -0.3 is 5.32 Å². The molecule has 0 heterocycles. The minimum Gasteiger partial charge on any atom is -0.325 e. The maximum Gasteiger partial charge on any atom is 0.235 e. The third kappa shape index (κ3) is 4.04. The first-order valence-corrected chi connectivity index (χ1v) is 6.24. The van der Waals surface area contributed by atoms with Crippen LogP contribution >= 0.6 is 15.9 Å². The van der Waals surface area contributed by atoms with Crippen LogP contribution in [0, 0.1) is 0 Å². The fourth-order valence-electron chi connectivity index (χ4n) is 1.33. The molecule has 1 aromatic rings. The Hall–Kier alpha value is -1.61. The number of carbonyl (C=O) groups is 1. The number of benzene rings is 1. The fraction of sp³-hybridized carbons (Fsp3) is 0.0714. The Morgan fingerprint density at radius 2 is 2.12 bits per heavy atom. The van der Waals surface area contributed by atoms with Crippen LogP contribution in [0.1, 0.15) is 5.56 Å². The second kappa shape index (κ2) is 6.86. The van der Waals surface area contributed by atoms with Crippen molar-refractivity contribution >= 4 is 33.1 Å². The molecule has 1 aromatic carbocycles. The van der Waals surface area contributed by atoms with Crippen LogP contribution in [-0.4, -0.2) is 11.2 Å². The minimum atomic E-state index is -0.0852. The van der Waals surface area contributed by atoms with Crippen molar-refractivity contribution in [1.29, 1.82) is 0 Å². The molecule has 17 heavy (non-hydrogen) atoms. The lowest BCUT2D eigenvalue weighted by atomic mass is 10.0. The molecule has 1 N–H and O–H groups in total. The highest BCUT2D eigenvalue weighted by Gasteiger charge is 2.06. The Kier molecular flexibility index (Phi) is 5.43. The van der Waals surface area contributed by atoms with Gasteiger partial charge in [-0.25, -0.2) is 0 Å². The van der Waals surface area contributed by atoms with E-state index in [1.54, 1.807) is 6.08 Å². The van der Waals surface area contributed by atoms with Crippen molar-refractivity contribution < 1.29 is 4.79 Å². The van der Waals surface area contributed by atoms with Gasteiger partial charge in [-0.05, 0) is 11.6 Å². The molecule has 0 aliphatic rings. The fourth-order valence-corrected chi connectivity index (χ4v) is 1.47.